The number of hydrogen-bond acceptors (Lipinski definition) is 8. The van der Waals surface area contributed by atoms with Gasteiger partial charge in [0.1, 0.15) is 24.4 Å². The summed E-state index contributed by atoms with van der Waals surface area (Å²) in [5.74, 6) is -0.192. The van der Waals surface area contributed by atoms with Gasteiger partial charge in [-0.15, -0.1) is 0 Å². The predicted octanol–water partition coefficient (Wildman–Crippen LogP) is 8.72. The van der Waals surface area contributed by atoms with E-state index in [2.05, 4.69) is 31.3 Å². The molecule has 53 heavy (non-hydrogen) atoms. The van der Waals surface area contributed by atoms with Crippen LogP contribution in [-0.4, -0.2) is 87.5 Å². The Labute approximate surface area is 324 Å². The van der Waals surface area contributed by atoms with Crippen molar-refractivity contribution in [3.05, 3.63) is 24.3 Å². The van der Waals surface area contributed by atoms with E-state index >= 15 is 0 Å². The highest BCUT2D eigenvalue weighted by atomic mass is 16.7. The van der Waals surface area contributed by atoms with Crippen LogP contribution in [0.15, 0.2) is 24.3 Å². The minimum Gasteiger partial charge on any atom is -0.394 e. The van der Waals surface area contributed by atoms with Crippen molar-refractivity contribution < 1.29 is 39.8 Å². The second-order valence-corrected chi connectivity index (χ2v) is 15.5. The number of unbranched alkanes of at least 4 members (excludes halogenated alkanes) is 24. The quantitative estimate of drug-likeness (QED) is 0.0275. The molecule has 312 valence electrons. The van der Waals surface area contributed by atoms with Crippen LogP contribution in [0.25, 0.3) is 0 Å². The molecule has 7 unspecified atom stereocenters. The number of rotatable bonds is 36. The molecule has 9 heteroatoms. The lowest BCUT2D eigenvalue weighted by Crippen LogP contribution is -2.60. The molecule has 0 radical (unpaired) electrons. The average Bonchev–Trinajstić information content (AvgIpc) is 3.16. The van der Waals surface area contributed by atoms with Crippen molar-refractivity contribution >= 4 is 5.91 Å². The van der Waals surface area contributed by atoms with Crippen LogP contribution in [-0.2, 0) is 14.3 Å². The maximum atomic E-state index is 12.9. The van der Waals surface area contributed by atoms with E-state index in [-0.39, 0.29) is 12.5 Å². The first-order chi connectivity index (χ1) is 25.8. The van der Waals surface area contributed by atoms with Gasteiger partial charge in [-0.05, 0) is 38.5 Å². The molecular formula is C44H83NO8. The van der Waals surface area contributed by atoms with Gasteiger partial charge in [-0.3, -0.25) is 4.79 Å². The highest BCUT2D eigenvalue weighted by Crippen LogP contribution is 2.22. The van der Waals surface area contributed by atoms with E-state index in [0.29, 0.717) is 6.42 Å². The van der Waals surface area contributed by atoms with E-state index in [1.54, 1.807) is 6.08 Å². The standard InChI is InChI=1S/C44H83NO8/c1-3-5-7-9-11-13-15-16-17-18-19-20-21-22-23-24-25-27-29-31-33-38(47)37(36-52-44-43(51)42(50)41(49)39(35-46)53-44)45-40(48)34-32-30-28-26-14-12-10-8-6-4-2/h10,12,31,33,37-39,41-44,46-47,49-51H,3-9,11,13-30,32,34-36H2,1-2H3,(H,45,48)/b12-10-,33-31+. The summed E-state index contributed by atoms with van der Waals surface area (Å²) in [6, 6.07) is -0.806. The third-order valence-corrected chi connectivity index (χ3v) is 10.5. The molecule has 6 N–H and O–H groups in total. The zero-order chi connectivity index (χ0) is 38.8. The van der Waals surface area contributed by atoms with Crippen molar-refractivity contribution in [2.24, 2.45) is 0 Å². The molecule has 1 saturated heterocycles. The van der Waals surface area contributed by atoms with Crippen molar-refractivity contribution in [2.75, 3.05) is 13.2 Å². The second kappa shape index (κ2) is 35.1. The Bertz CT molecular complexity index is 883. The number of carbonyl (C=O) groups excluding carboxylic acids is 1. The summed E-state index contributed by atoms with van der Waals surface area (Å²) in [5.41, 5.74) is 0. The van der Waals surface area contributed by atoms with Gasteiger partial charge in [0.15, 0.2) is 6.29 Å². The first kappa shape index (κ1) is 49.7. The molecule has 0 aromatic carbocycles. The molecule has 1 heterocycles. The van der Waals surface area contributed by atoms with Crippen LogP contribution in [0.3, 0.4) is 0 Å². The minimum absolute atomic E-state index is 0.191. The Balaban J connectivity index is 2.34. The zero-order valence-electron chi connectivity index (χ0n) is 34.0. The first-order valence-electron chi connectivity index (χ1n) is 22.1. The minimum atomic E-state index is -1.56. The van der Waals surface area contributed by atoms with E-state index in [4.69, 9.17) is 9.47 Å². The molecule has 1 aliphatic heterocycles. The second-order valence-electron chi connectivity index (χ2n) is 15.5. The van der Waals surface area contributed by atoms with Crippen molar-refractivity contribution in [1.29, 1.82) is 0 Å². The van der Waals surface area contributed by atoms with E-state index in [0.717, 1.165) is 57.8 Å². The van der Waals surface area contributed by atoms with Gasteiger partial charge in [-0.1, -0.05) is 173 Å². The average molecular weight is 754 g/mol. The Morgan fingerprint density at radius 1 is 0.623 bits per heavy atom. The van der Waals surface area contributed by atoms with Gasteiger partial charge >= 0.3 is 0 Å². The molecule has 0 aromatic heterocycles. The van der Waals surface area contributed by atoms with Crippen LogP contribution in [0, 0.1) is 0 Å². The number of ether oxygens (including phenoxy) is 2. The van der Waals surface area contributed by atoms with Gasteiger partial charge in [0.2, 0.25) is 5.91 Å². The lowest BCUT2D eigenvalue weighted by molar-refractivity contribution is -0.302. The normalized spacial score (nSPS) is 21.8. The molecular weight excluding hydrogens is 670 g/mol. The molecule has 1 aliphatic rings. The summed E-state index contributed by atoms with van der Waals surface area (Å²) in [6.45, 7) is 3.71. The van der Waals surface area contributed by atoms with Gasteiger partial charge in [0.05, 0.1) is 25.4 Å². The Morgan fingerprint density at radius 3 is 1.58 bits per heavy atom. The van der Waals surface area contributed by atoms with Crippen molar-refractivity contribution in [2.45, 2.75) is 236 Å². The third kappa shape index (κ3) is 26.2. The van der Waals surface area contributed by atoms with Gasteiger partial charge in [0.25, 0.3) is 0 Å². The number of carbonyl (C=O) groups is 1. The number of aliphatic hydroxyl groups is 5. The molecule has 0 aromatic rings. The molecule has 0 aliphatic carbocycles. The lowest BCUT2D eigenvalue weighted by Gasteiger charge is -2.40. The molecule has 1 amide bonds. The van der Waals surface area contributed by atoms with E-state index in [1.807, 2.05) is 6.08 Å². The lowest BCUT2D eigenvalue weighted by atomic mass is 9.99. The number of hydrogen-bond donors (Lipinski definition) is 6. The monoisotopic (exact) mass is 754 g/mol. The first-order valence-corrected chi connectivity index (χ1v) is 22.1. The molecule has 1 fully saturated rings. The fraction of sp³-hybridized carbons (Fsp3) is 0.886. The zero-order valence-corrected chi connectivity index (χ0v) is 34.0. The molecule has 7 atom stereocenters. The Kier molecular flexibility index (Phi) is 32.9. The smallest absolute Gasteiger partial charge is 0.220 e. The van der Waals surface area contributed by atoms with E-state index in [1.165, 1.54) is 116 Å². The van der Waals surface area contributed by atoms with Crippen molar-refractivity contribution in [3.63, 3.8) is 0 Å². The van der Waals surface area contributed by atoms with E-state index in [9.17, 15) is 30.3 Å². The fourth-order valence-electron chi connectivity index (χ4n) is 6.90. The van der Waals surface area contributed by atoms with Gasteiger partial charge in [0, 0.05) is 6.42 Å². The molecule has 9 nitrogen and oxygen atoms in total. The van der Waals surface area contributed by atoms with Gasteiger partial charge in [-0.2, -0.15) is 0 Å². The number of nitrogens with one attached hydrogen (secondary N) is 1. The largest absolute Gasteiger partial charge is 0.394 e. The summed E-state index contributed by atoms with van der Waals surface area (Å²) in [5, 5.41) is 54.0. The number of amides is 1. The van der Waals surface area contributed by atoms with Crippen LogP contribution in [0.1, 0.15) is 194 Å². The highest BCUT2D eigenvalue weighted by Gasteiger charge is 2.44. The molecule has 0 saturated carbocycles. The van der Waals surface area contributed by atoms with Crippen LogP contribution < -0.4 is 5.32 Å². The highest BCUT2D eigenvalue weighted by molar-refractivity contribution is 5.76. The fourth-order valence-corrected chi connectivity index (χ4v) is 6.90. The maximum Gasteiger partial charge on any atom is 0.220 e. The Morgan fingerprint density at radius 2 is 1.08 bits per heavy atom. The number of aliphatic hydroxyl groups excluding tert-OH is 5. The molecule has 0 bridgehead atoms. The SMILES string of the molecule is CCCC/C=C\CCCCCCC(=O)NC(COC1OC(CO)C(O)C(O)C1O)C(O)/C=C/CCCCCCCCCCCCCCCCCCCC. The molecule has 0 spiro atoms. The van der Waals surface area contributed by atoms with Crippen LogP contribution in [0.2, 0.25) is 0 Å². The third-order valence-electron chi connectivity index (χ3n) is 10.5. The summed E-state index contributed by atoms with van der Waals surface area (Å²) in [4.78, 5) is 12.9. The Hall–Kier alpha value is -1.33. The summed E-state index contributed by atoms with van der Waals surface area (Å²) in [7, 11) is 0. The topological polar surface area (TPSA) is 149 Å². The van der Waals surface area contributed by atoms with Gasteiger partial charge in [-0.25, -0.2) is 0 Å². The summed E-state index contributed by atoms with van der Waals surface area (Å²) in [6.07, 6.45) is 33.7. The number of allylic oxidation sites excluding steroid dienone is 3. The van der Waals surface area contributed by atoms with Crippen molar-refractivity contribution in [3.8, 4) is 0 Å². The van der Waals surface area contributed by atoms with E-state index < -0.39 is 49.5 Å². The summed E-state index contributed by atoms with van der Waals surface area (Å²) >= 11 is 0. The van der Waals surface area contributed by atoms with Crippen LogP contribution >= 0.6 is 0 Å². The summed E-state index contributed by atoms with van der Waals surface area (Å²) < 4.78 is 11.2. The molecule has 1 rings (SSSR count). The van der Waals surface area contributed by atoms with Crippen LogP contribution in [0.4, 0.5) is 0 Å². The van der Waals surface area contributed by atoms with Crippen molar-refractivity contribution in [1.82, 2.24) is 5.32 Å². The maximum absolute atomic E-state index is 12.9. The predicted molar refractivity (Wildman–Crippen MR) is 217 cm³/mol. The van der Waals surface area contributed by atoms with Crippen LogP contribution in [0.5, 0.6) is 0 Å². The van der Waals surface area contributed by atoms with Gasteiger partial charge < -0.3 is 40.3 Å².